The van der Waals surface area contributed by atoms with Gasteiger partial charge < -0.3 is 20.7 Å². The Bertz CT molecular complexity index is 840. The molecule has 0 fully saturated rings. The Hall–Kier alpha value is -3.68. The summed E-state index contributed by atoms with van der Waals surface area (Å²) >= 11 is 0. The van der Waals surface area contributed by atoms with Crippen molar-refractivity contribution in [1.29, 1.82) is 0 Å². The first-order valence-electron chi connectivity index (χ1n) is 9.05. The van der Waals surface area contributed by atoms with E-state index >= 15 is 0 Å². The van der Waals surface area contributed by atoms with Crippen molar-refractivity contribution in [2.75, 3.05) is 24.6 Å². The lowest BCUT2D eigenvalue weighted by Gasteiger charge is -2.22. The first-order chi connectivity index (χ1) is 14.0. The number of nitrogens with zero attached hydrogens (tertiary/aromatic N) is 1. The number of nitrogens with two attached hydrogens (primary N) is 1. The van der Waals surface area contributed by atoms with E-state index < -0.39 is 24.4 Å². The molecule has 0 bridgehead atoms. The summed E-state index contributed by atoms with van der Waals surface area (Å²) in [5.41, 5.74) is 6.54. The van der Waals surface area contributed by atoms with E-state index in [1.165, 1.54) is 4.90 Å². The zero-order chi connectivity index (χ0) is 21.1. The van der Waals surface area contributed by atoms with Crippen molar-refractivity contribution in [1.82, 2.24) is 5.32 Å². The molecule has 3 amide bonds. The molecule has 0 unspecified atom stereocenters. The second-order valence-corrected chi connectivity index (χ2v) is 6.20. The first-order valence-corrected chi connectivity index (χ1v) is 9.05. The van der Waals surface area contributed by atoms with Crippen LogP contribution in [0.5, 0.6) is 0 Å². The predicted octanol–water partition coefficient (Wildman–Crippen LogP) is 0.797. The molecule has 152 valence electrons. The van der Waals surface area contributed by atoms with E-state index in [0.717, 1.165) is 5.56 Å². The molecule has 8 nitrogen and oxygen atoms in total. The quantitative estimate of drug-likeness (QED) is 0.575. The molecule has 0 aliphatic heterocycles. The molecule has 0 atom stereocenters. The smallest absolute Gasteiger partial charge is 0.325 e. The third kappa shape index (κ3) is 7.84. The molecule has 0 aliphatic carbocycles. The van der Waals surface area contributed by atoms with E-state index in [-0.39, 0.29) is 31.8 Å². The average Bonchev–Trinajstić information content (AvgIpc) is 2.72. The maximum absolute atomic E-state index is 12.4. The number of para-hydroxylation sites is 1. The molecular formula is C21H23N3O5. The van der Waals surface area contributed by atoms with E-state index in [2.05, 4.69) is 5.32 Å². The Labute approximate surface area is 168 Å². The molecule has 0 heterocycles. The number of ether oxygens (including phenoxy) is 1. The lowest BCUT2D eigenvalue weighted by Crippen LogP contribution is -2.38. The Kier molecular flexibility index (Phi) is 8.37. The molecule has 0 saturated carbocycles. The first kappa shape index (κ1) is 21.6. The lowest BCUT2D eigenvalue weighted by molar-refractivity contribution is -0.147. The largest absolute Gasteiger partial charge is 0.454 e. The van der Waals surface area contributed by atoms with Crippen molar-refractivity contribution in [3.05, 3.63) is 66.2 Å². The number of carbonyl (C=O) groups is 4. The standard InChI is InChI=1S/C21H23N3O5/c22-18(25)11-12-24(17-9-5-2-6-10-17)20(27)15-29-21(28)14-23-19(26)13-16-7-3-1-4-8-16/h1-10H,11-15H2,(H2,22,25)(H,23,26). The lowest BCUT2D eigenvalue weighted by atomic mass is 10.1. The summed E-state index contributed by atoms with van der Waals surface area (Å²) < 4.78 is 4.95. The summed E-state index contributed by atoms with van der Waals surface area (Å²) in [5, 5.41) is 2.46. The molecule has 3 N–H and O–H groups in total. The van der Waals surface area contributed by atoms with Crippen molar-refractivity contribution in [2.45, 2.75) is 12.8 Å². The van der Waals surface area contributed by atoms with Gasteiger partial charge in [-0.2, -0.15) is 0 Å². The number of nitrogens with one attached hydrogen (secondary N) is 1. The zero-order valence-electron chi connectivity index (χ0n) is 15.9. The fourth-order valence-electron chi connectivity index (χ4n) is 2.51. The number of hydrogen-bond acceptors (Lipinski definition) is 5. The van der Waals surface area contributed by atoms with Gasteiger partial charge in [0.15, 0.2) is 6.61 Å². The topological polar surface area (TPSA) is 119 Å². The van der Waals surface area contributed by atoms with Gasteiger partial charge in [0, 0.05) is 18.7 Å². The van der Waals surface area contributed by atoms with Gasteiger partial charge in [0.05, 0.1) is 6.42 Å². The van der Waals surface area contributed by atoms with Crippen molar-refractivity contribution >= 4 is 29.4 Å². The van der Waals surface area contributed by atoms with Crippen LogP contribution in [0.1, 0.15) is 12.0 Å². The minimum absolute atomic E-state index is 0.0237. The minimum atomic E-state index is -0.734. The summed E-state index contributed by atoms with van der Waals surface area (Å²) in [6, 6.07) is 17.8. The van der Waals surface area contributed by atoms with Crippen LogP contribution in [-0.4, -0.2) is 43.4 Å². The van der Waals surface area contributed by atoms with Crippen molar-refractivity contribution in [3.63, 3.8) is 0 Å². The van der Waals surface area contributed by atoms with Crippen LogP contribution in [0.3, 0.4) is 0 Å². The minimum Gasteiger partial charge on any atom is -0.454 e. The SMILES string of the molecule is NC(=O)CCN(C(=O)COC(=O)CNC(=O)Cc1ccccc1)c1ccccc1. The maximum atomic E-state index is 12.4. The van der Waals surface area contributed by atoms with Crippen LogP contribution in [0.25, 0.3) is 0 Å². The normalized spacial score (nSPS) is 10.1. The molecule has 0 saturated heterocycles. The van der Waals surface area contributed by atoms with Crippen LogP contribution < -0.4 is 16.0 Å². The molecule has 8 heteroatoms. The van der Waals surface area contributed by atoms with Gasteiger partial charge >= 0.3 is 5.97 Å². The van der Waals surface area contributed by atoms with Gasteiger partial charge in [-0.05, 0) is 17.7 Å². The second-order valence-electron chi connectivity index (χ2n) is 6.20. The number of esters is 1. The summed E-state index contributed by atoms with van der Waals surface area (Å²) in [6.07, 6.45) is 0.117. The number of primary amides is 1. The molecule has 0 spiro atoms. The van der Waals surface area contributed by atoms with Crippen molar-refractivity contribution in [3.8, 4) is 0 Å². The van der Waals surface area contributed by atoms with E-state index in [1.807, 2.05) is 18.2 Å². The van der Waals surface area contributed by atoms with Gasteiger partial charge in [0.25, 0.3) is 5.91 Å². The highest BCUT2D eigenvalue weighted by Gasteiger charge is 2.18. The number of anilines is 1. The van der Waals surface area contributed by atoms with Crippen LogP contribution in [0, 0.1) is 0 Å². The van der Waals surface area contributed by atoms with Crippen LogP contribution in [0.2, 0.25) is 0 Å². The Morgan fingerprint density at radius 2 is 1.55 bits per heavy atom. The van der Waals surface area contributed by atoms with Crippen molar-refractivity contribution in [2.24, 2.45) is 5.73 Å². The summed E-state index contributed by atoms with van der Waals surface area (Å²) in [4.78, 5) is 48.5. The van der Waals surface area contributed by atoms with Crippen LogP contribution in [-0.2, 0) is 30.3 Å². The van der Waals surface area contributed by atoms with Gasteiger partial charge in [0.2, 0.25) is 11.8 Å². The van der Waals surface area contributed by atoms with Crippen LogP contribution in [0.4, 0.5) is 5.69 Å². The van der Waals surface area contributed by atoms with E-state index in [9.17, 15) is 19.2 Å². The van der Waals surface area contributed by atoms with Gasteiger partial charge in [0.1, 0.15) is 6.54 Å². The Morgan fingerprint density at radius 3 is 2.17 bits per heavy atom. The third-order valence-corrected chi connectivity index (χ3v) is 3.94. The molecule has 0 aromatic heterocycles. The van der Waals surface area contributed by atoms with Gasteiger partial charge in [-0.1, -0.05) is 48.5 Å². The molecule has 29 heavy (non-hydrogen) atoms. The summed E-state index contributed by atoms with van der Waals surface area (Å²) in [6.45, 7) is -0.782. The fourth-order valence-corrected chi connectivity index (χ4v) is 2.51. The summed E-state index contributed by atoms with van der Waals surface area (Å²) in [5.74, 6) is -2.10. The molecule has 2 aromatic carbocycles. The molecule has 2 aromatic rings. The molecule has 0 radical (unpaired) electrons. The molecule has 2 rings (SSSR count). The average molecular weight is 397 g/mol. The van der Waals surface area contributed by atoms with E-state index in [0.29, 0.717) is 5.69 Å². The fraction of sp³-hybridized carbons (Fsp3) is 0.238. The van der Waals surface area contributed by atoms with Gasteiger partial charge in [-0.3, -0.25) is 19.2 Å². The Balaban J connectivity index is 1.81. The van der Waals surface area contributed by atoms with Crippen LogP contribution >= 0.6 is 0 Å². The Morgan fingerprint density at radius 1 is 0.931 bits per heavy atom. The predicted molar refractivity (Wildman–Crippen MR) is 107 cm³/mol. The van der Waals surface area contributed by atoms with Crippen LogP contribution in [0.15, 0.2) is 60.7 Å². The van der Waals surface area contributed by atoms with Gasteiger partial charge in [-0.25, -0.2) is 0 Å². The highest BCUT2D eigenvalue weighted by atomic mass is 16.5. The molecule has 0 aliphatic rings. The van der Waals surface area contributed by atoms with E-state index in [1.54, 1.807) is 42.5 Å². The number of carbonyl (C=O) groups excluding carboxylic acids is 4. The zero-order valence-corrected chi connectivity index (χ0v) is 15.9. The number of hydrogen-bond donors (Lipinski definition) is 2. The second kappa shape index (κ2) is 11.2. The van der Waals surface area contributed by atoms with E-state index in [4.69, 9.17) is 10.5 Å². The highest BCUT2D eigenvalue weighted by molar-refractivity contribution is 5.96. The number of amides is 3. The molecular weight excluding hydrogens is 374 g/mol. The third-order valence-electron chi connectivity index (χ3n) is 3.94. The maximum Gasteiger partial charge on any atom is 0.325 e. The van der Waals surface area contributed by atoms with Gasteiger partial charge in [-0.15, -0.1) is 0 Å². The highest BCUT2D eigenvalue weighted by Crippen LogP contribution is 2.14. The van der Waals surface area contributed by atoms with Crippen molar-refractivity contribution < 1.29 is 23.9 Å². The number of rotatable bonds is 10. The summed E-state index contributed by atoms with van der Waals surface area (Å²) in [7, 11) is 0. The monoisotopic (exact) mass is 397 g/mol. The number of benzene rings is 2.